The Labute approximate surface area is 223 Å². The molecule has 38 heavy (non-hydrogen) atoms. The highest BCUT2D eigenvalue weighted by molar-refractivity contribution is 5.96. The molecule has 5 rings (SSSR count). The van der Waals surface area contributed by atoms with Crippen molar-refractivity contribution in [1.29, 1.82) is 0 Å². The minimum Gasteiger partial charge on any atom is -0.378 e. The summed E-state index contributed by atoms with van der Waals surface area (Å²) < 4.78 is 5.44. The van der Waals surface area contributed by atoms with Gasteiger partial charge in [-0.2, -0.15) is 4.98 Å². The summed E-state index contributed by atoms with van der Waals surface area (Å²) >= 11 is 0. The van der Waals surface area contributed by atoms with Crippen molar-refractivity contribution < 1.29 is 14.3 Å². The predicted molar refractivity (Wildman–Crippen MR) is 150 cm³/mol. The molecule has 2 N–H and O–H groups in total. The third kappa shape index (κ3) is 6.11. The molecule has 2 aliphatic rings. The fraction of sp³-hybridized carbons (Fsp3) is 0.379. The van der Waals surface area contributed by atoms with E-state index in [2.05, 4.69) is 37.6 Å². The number of aromatic nitrogens is 2. The fourth-order valence-corrected chi connectivity index (χ4v) is 4.91. The van der Waals surface area contributed by atoms with E-state index in [1.54, 1.807) is 24.3 Å². The van der Waals surface area contributed by atoms with Crippen molar-refractivity contribution in [3.8, 4) is 0 Å². The van der Waals surface area contributed by atoms with E-state index in [4.69, 9.17) is 9.72 Å². The van der Waals surface area contributed by atoms with Gasteiger partial charge in [-0.25, -0.2) is 4.98 Å². The molecule has 3 aromatic rings. The number of hydrogen-bond donors (Lipinski definition) is 2. The zero-order valence-electron chi connectivity index (χ0n) is 21.9. The number of hydrogen-bond acceptors (Lipinski definition) is 8. The van der Waals surface area contributed by atoms with Gasteiger partial charge < -0.3 is 25.2 Å². The van der Waals surface area contributed by atoms with Gasteiger partial charge in [0.05, 0.1) is 13.2 Å². The maximum atomic E-state index is 12.8. The smallest absolute Gasteiger partial charge is 0.229 e. The maximum absolute atomic E-state index is 12.8. The van der Waals surface area contributed by atoms with Crippen LogP contribution in [0.4, 0.5) is 28.8 Å². The second-order valence-corrected chi connectivity index (χ2v) is 9.86. The molecule has 0 radical (unpaired) electrons. The minimum atomic E-state index is -0.0662. The quantitative estimate of drug-likeness (QED) is 0.447. The van der Waals surface area contributed by atoms with Crippen LogP contribution in [0.25, 0.3) is 0 Å². The number of morpholine rings is 1. The number of Topliss-reactive ketones (excluding diaryl/α,β-unsaturated/α-hetero) is 1. The summed E-state index contributed by atoms with van der Waals surface area (Å²) in [6, 6.07) is 15.3. The molecule has 0 unspecified atom stereocenters. The first kappa shape index (κ1) is 25.7. The highest BCUT2D eigenvalue weighted by Gasteiger charge is 2.27. The summed E-state index contributed by atoms with van der Waals surface area (Å²) in [5.41, 5.74) is 4.47. The van der Waals surface area contributed by atoms with Crippen molar-refractivity contribution in [2.45, 2.75) is 26.7 Å². The maximum Gasteiger partial charge on any atom is 0.229 e. The van der Waals surface area contributed by atoms with Gasteiger partial charge in [-0.1, -0.05) is 0 Å². The highest BCUT2D eigenvalue weighted by atomic mass is 16.5. The van der Waals surface area contributed by atoms with Gasteiger partial charge >= 0.3 is 0 Å². The molecular formula is C29H34N6O3. The first-order valence-corrected chi connectivity index (χ1v) is 13.2. The predicted octanol–water partition coefficient (Wildman–Crippen LogP) is 4.42. The van der Waals surface area contributed by atoms with Crippen LogP contribution in [0.3, 0.4) is 0 Å². The lowest BCUT2D eigenvalue weighted by atomic mass is 9.95. The average molecular weight is 515 g/mol. The highest BCUT2D eigenvalue weighted by Crippen LogP contribution is 2.27. The number of amides is 1. The van der Waals surface area contributed by atoms with Gasteiger partial charge in [0.15, 0.2) is 5.78 Å². The Kier molecular flexibility index (Phi) is 7.83. The Balaban J connectivity index is 1.17. The largest absolute Gasteiger partial charge is 0.378 e. The molecule has 9 heteroatoms. The number of aryl methyl sites for hydroxylation is 1. The van der Waals surface area contributed by atoms with E-state index in [-0.39, 0.29) is 17.6 Å². The zero-order valence-corrected chi connectivity index (χ0v) is 21.9. The molecule has 2 fully saturated rings. The van der Waals surface area contributed by atoms with Crippen molar-refractivity contribution in [2.75, 3.05) is 59.8 Å². The number of benzene rings is 2. The third-order valence-corrected chi connectivity index (χ3v) is 7.17. The van der Waals surface area contributed by atoms with Gasteiger partial charge in [0.25, 0.3) is 0 Å². The monoisotopic (exact) mass is 514 g/mol. The Hall–Kier alpha value is -3.98. The van der Waals surface area contributed by atoms with Crippen molar-refractivity contribution in [1.82, 2.24) is 9.97 Å². The molecule has 2 aliphatic heterocycles. The van der Waals surface area contributed by atoms with Gasteiger partial charge in [0, 0.05) is 66.5 Å². The van der Waals surface area contributed by atoms with Crippen LogP contribution in [0.5, 0.6) is 0 Å². The number of ether oxygens (including phenoxy) is 1. The van der Waals surface area contributed by atoms with Crippen LogP contribution in [-0.4, -0.2) is 61.1 Å². The summed E-state index contributed by atoms with van der Waals surface area (Å²) in [7, 11) is 0. The molecule has 3 heterocycles. The van der Waals surface area contributed by atoms with Crippen LogP contribution in [0.2, 0.25) is 0 Å². The van der Waals surface area contributed by atoms with E-state index in [9.17, 15) is 9.59 Å². The first-order chi connectivity index (χ1) is 18.5. The molecule has 0 atom stereocenters. The number of nitrogens with zero attached hydrogens (tertiary/aromatic N) is 4. The number of anilines is 5. The van der Waals surface area contributed by atoms with Crippen molar-refractivity contribution in [3.05, 3.63) is 65.9 Å². The summed E-state index contributed by atoms with van der Waals surface area (Å²) in [5.74, 6) is 1.41. The Morgan fingerprint density at radius 3 is 2.21 bits per heavy atom. The first-order valence-electron chi connectivity index (χ1n) is 13.2. The van der Waals surface area contributed by atoms with Crippen molar-refractivity contribution in [3.63, 3.8) is 0 Å². The SMILES string of the molecule is CC(=O)c1ccc(NC(=O)C2CCN(c3nc(Nc4ccc(N5CCOCC5)cc4)ncc3C)CC2)cc1. The lowest BCUT2D eigenvalue weighted by Crippen LogP contribution is -2.39. The van der Waals surface area contributed by atoms with Crippen LogP contribution >= 0.6 is 0 Å². The Morgan fingerprint density at radius 2 is 1.55 bits per heavy atom. The average Bonchev–Trinajstić information content (AvgIpc) is 2.95. The molecule has 2 aromatic carbocycles. The molecule has 1 amide bonds. The number of piperidine rings is 1. The van der Waals surface area contributed by atoms with E-state index >= 15 is 0 Å². The number of nitrogens with one attached hydrogen (secondary N) is 2. The topological polar surface area (TPSA) is 99.7 Å². The molecule has 0 bridgehead atoms. The zero-order chi connectivity index (χ0) is 26.5. The normalized spacial score (nSPS) is 16.3. The molecule has 0 aliphatic carbocycles. The molecule has 1 aromatic heterocycles. The Morgan fingerprint density at radius 1 is 0.895 bits per heavy atom. The Bertz CT molecular complexity index is 1260. The summed E-state index contributed by atoms with van der Waals surface area (Å²) in [4.78, 5) is 38.2. The number of carbonyl (C=O) groups excluding carboxylic acids is 2. The molecule has 0 saturated carbocycles. The second-order valence-electron chi connectivity index (χ2n) is 9.86. The van der Waals surface area contributed by atoms with Crippen molar-refractivity contribution in [2.24, 2.45) is 5.92 Å². The molecule has 2 saturated heterocycles. The van der Waals surface area contributed by atoms with E-state index in [1.165, 1.54) is 12.6 Å². The minimum absolute atomic E-state index is 0.00954. The number of rotatable bonds is 7. The van der Waals surface area contributed by atoms with Crippen LogP contribution in [0.15, 0.2) is 54.7 Å². The van der Waals surface area contributed by atoms with E-state index in [0.717, 1.165) is 69.3 Å². The van der Waals surface area contributed by atoms with Crippen LogP contribution in [0, 0.1) is 12.8 Å². The van der Waals surface area contributed by atoms with Gasteiger partial charge in [-0.3, -0.25) is 9.59 Å². The number of ketones is 1. The van der Waals surface area contributed by atoms with Crippen LogP contribution in [-0.2, 0) is 9.53 Å². The summed E-state index contributed by atoms with van der Waals surface area (Å²) in [6.07, 6.45) is 3.33. The summed E-state index contributed by atoms with van der Waals surface area (Å²) in [5, 5.41) is 6.32. The van der Waals surface area contributed by atoms with Gasteiger partial charge in [0.2, 0.25) is 11.9 Å². The summed E-state index contributed by atoms with van der Waals surface area (Å²) in [6.45, 7) is 8.37. The molecule has 0 spiro atoms. The van der Waals surface area contributed by atoms with Gasteiger partial charge in [0.1, 0.15) is 5.82 Å². The molecule has 9 nitrogen and oxygen atoms in total. The third-order valence-electron chi connectivity index (χ3n) is 7.17. The molecule has 198 valence electrons. The van der Waals surface area contributed by atoms with E-state index in [1.807, 2.05) is 25.3 Å². The van der Waals surface area contributed by atoms with Crippen LogP contribution < -0.4 is 20.4 Å². The number of carbonyl (C=O) groups is 2. The lowest BCUT2D eigenvalue weighted by Gasteiger charge is -2.33. The molecular weight excluding hydrogens is 480 g/mol. The van der Waals surface area contributed by atoms with E-state index < -0.39 is 0 Å². The van der Waals surface area contributed by atoms with Gasteiger partial charge in [-0.15, -0.1) is 0 Å². The lowest BCUT2D eigenvalue weighted by molar-refractivity contribution is -0.120. The standard InChI is InChI=1S/C29H34N6O3/c1-20-19-30-29(32-25-7-9-26(10-8-25)34-15-17-38-18-16-34)33-27(20)35-13-11-23(12-14-35)28(37)31-24-5-3-22(4-6-24)21(2)36/h3-10,19,23H,11-18H2,1-2H3,(H,31,37)(H,30,32,33). The van der Waals surface area contributed by atoms with E-state index in [0.29, 0.717) is 17.2 Å². The van der Waals surface area contributed by atoms with Gasteiger partial charge in [-0.05, 0) is 75.2 Å². The second kappa shape index (κ2) is 11.6. The van der Waals surface area contributed by atoms with Crippen LogP contribution in [0.1, 0.15) is 35.7 Å². The van der Waals surface area contributed by atoms with Crippen molar-refractivity contribution >= 4 is 40.5 Å². The fourth-order valence-electron chi connectivity index (χ4n) is 4.91.